The van der Waals surface area contributed by atoms with Gasteiger partial charge >= 0.3 is 0 Å². The van der Waals surface area contributed by atoms with Crippen molar-refractivity contribution in [3.8, 4) is 5.69 Å². The highest BCUT2D eigenvalue weighted by Gasteiger charge is 2.22. The van der Waals surface area contributed by atoms with Crippen molar-refractivity contribution in [3.63, 3.8) is 0 Å². The van der Waals surface area contributed by atoms with E-state index in [0.29, 0.717) is 11.7 Å². The van der Waals surface area contributed by atoms with Crippen LogP contribution in [0.5, 0.6) is 0 Å². The Kier molecular flexibility index (Phi) is 4.47. The van der Waals surface area contributed by atoms with Crippen molar-refractivity contribution in [1.82, 2.24) is 20.1 Å². The molecular weight excluding hydrogens is 296 g/mol. The molecule has 0 radical (unpaired) electrons. The van der Waals surface area contributed by atoms with Crippen molar-refractivity contribution >= 4 is 17.7 Å². The van der Waals surface area contributed by atoms with E-state index in [9.17, 15) is 4.79 Å². The number of rotatable bonds is 6. The molecule has 0 bridgehead atoms. The molecule has 2 aromatic rings. The number of hydrogen-bond donors (Lipinski definition) is 1. The molecule has 6 heteroatoms. The van der Waals surface area contributed by atoms with Crippen LogP contribution in [0.2, 0.25) is 0 Å². The molecule has 1 amide bonds. The van der Waals surface area contributed by atoms with Crippen LogP contribution in [0, 0.1) is 19.8 Å². The standard InChI is InChI=1S/C16H20N4OS/c1-11-5-3-4-6-14(11)20-12(2)18-19-16(20)22-10-15(21)17-9-13-7-8-13/h3-6,13H,7-10H2,1-2H3,(H,17,21). The average molecular weight is 316 g/mol. The van der Waals surface area contributed by atoms with Gasteiger partial charge in [-0.25, -0.2) is 0 Å². The van der Waals surface area contributed by atoms with E-state index >= 15 is 0 Å². The zero-order valence-corrected chi connectivity index (χ0v) is 13.7. The number of aromatic nitrogens is 3. The van der Waals surface area contributed by atoms with Crippen molar-refractivity contribution in [2.75, 3.05) is 12.3 Å². The van der Waals surface area contributed by atoms with Gasteiger partial charge in [0.05, 0.1) is 11.4 Å². The molecule has 3 rings (SSSR count). The van der Waals surface area contributed by atoms with Crippen molar-refractivity contribution in [3.05, 3.63) is 35.7 Å². The van der Waals surface area contributed by atoms with Gasteiger partial charge in [0.25, 0.3) is 0 Å². The van der Waals surface area contributed by atoms with Crippen LogP contribution in [0.4, 0.5) is 0 Å². The Morgan fingerprint density at radius 2 is 2.09 bits per heavy atom. The topological polar surface area (TPSA) is 59.8 Å². The third kappa shape index (κ3) is 3.50. The summed E-state index contributed by atoms with van der Waals surface area (Å²) in [4.78, 5) is 11.9. The SMILES string of the molecule is Cc1ccccc1-n1c(C)nnc1SCC(=O)NCC1CC1. The molecule has 22 heavy (non-hydrogen) atoms. The lowest BCUT2D eigenvalue weighted by atomic mass is 10.2. The second kappa shape index (κ2) is 6.52. The number of benzene rings is 1. The first-order valence-electron chi connectivity index (χ1n) is 7.52. The van der Waals surface area contributed by atoms with Crippen molar-refractivity contribution in [2.24, 2.45) is 5.92 Å². The summed E-state index contributed by atoms with van der Waals surface area (Å²) in [6.07, 6.45) is 2.49. The number of amides is 1. The van der Waals surface area contributed by atoms with Crippen LogP contribution in [-0.4, -0.2) is 33.0 Å². The Morgan fingerprint density at radius 3 is 2.82 bits per heavy atom. The number of hydrogen-bond acceptors (Lipinski definition) is 4. The third-order valence-corrected chi connectivity index (χ3v) is 4.70. The summed E-state index contributed by atoms with van der Waals surface area (Å²) >= 11 is 1.43. The first kappa shape index (κ1) is 15.1. The largest absolute Gasteiger partial charge is 0.355 e. The Hall–Kier alpha value is -1.82. The summed E-state index contributed by atoms with van der Waals surface area (Å²) in [5.74, 6) is 1.97. The molecule has 1 aromatic heterocycles. The normalized spacial score (nSPS) is 14.1. The van der Waals surface area contributed by atoms with Gasteiger partial charge < -0.3 is 5.32 Å². The fourth-order valence-electron chi connectivity index (χ4n) is 2.29. The maximum absolute atomic E-state index is 11.9. The summed E-state index contributed by atoms with van der Waals surface area (Å²) in [6.45, 7) is 4.80. The lowest BCUT2D eigenvalue weighted by Crippen LogP contribution is -2.27. The number of nitrogens with one attached hydrogen (secondary N) is 1. The van der Waals surface area contributed by atoms with Gasteiger partial charge in [-0.1, -0.05) is 30.0 Å². The van der Waals surface area contributed by atoms with E-state index in [2.05, 4.69) is 28.5 Å². The zero-order chi connectivity index (χ0) is 15.5. The Bertz CT molecular complexity index is 679. The lowest BCUT2D eigenvalue weighted by molar-refractivity contribution is -0.118. The first-order chi connectivity index (χ1) is 10.6. The van der Waals surface area contributed by atoms with Crippen LogP contribution in [0.3, 0.4) is 0 Å². The van der Waals surface area contributed by atoms with Crippen LogP contribution < -0.4 is 5.32 Å². The van der Waals surface area contributed by atoms with Gasteiger partial charge in [-0.15, -0.1) is 10.2 Å². The molecule has 1 aliphatic rings. The molecule has 0 aliphatic heterocycles. The summed E-state index contributed by atoms with van der Waals surface area (Å²) in [5, 5.41) is 12.1. The molecule has 116 valence electrons. The summed E-state index contributed by atoms with van der Waals surface area (Å²) < 4.78 is 2.01. The van der Waals surface area contributed by atoms with E-state index in [1.54, 1.807) is 0 Å². The number of aryl methyl sites for hydroxylation is 2. The minimum absolute atomic E-state index is 0.0638. The molecule has 5 nitrogen and oxygen atoms in total. The predicted octanol–water partition coefficient (Wildman–Crippen LogP) is 2.50. The molecule has 1 saturated carbocycles. The van der Waals surface area contributed by atoms with E-state index < -0.39 is 0 Å². The van der Waals surface area contributed by atoms with Gasteiger partial charge in [-0.05, 0) is 44.2 Å². The van der Waals surface area contributed by atoms with Gasteiger partial charge in [0.15, 0.2) is 5.16 Å². The van der Waals surface area contributed by atoms with E-state index in [1.165, 1.54) is 24.6 Å². The van der Waals surface area contributed by atoms with Gasteiger partial charge in [0, 0.05) is 6.54 Å². The number of carbonyl (C=O) groups is 1. The molecule has 1 fully saturated rings. The van der Waals surface area contributed by atoms with Crippen molar-refractivity contribution in [2.45, 2.75) is 31.8 Å². The highest BCUT2D eigenvalue weighted by Crippen LogP contribution is 2.28. The average Bonchev–Trinajstić information content (AvgIpc) is 3.27. The molecular formula is C16H20N4OS. The Balaban J connectivity index is 1.69. The maximum atomic E-state index is 11.9. The second-order valence-corrected chi connectivity index (χ2v) is 6.63. The van der Waals surface area contributed by atoms with E-state index in [1.807, 2.05) is 29.7 Å². The number of nitrogens with zero attached hydrogens (tertiary/aromatic N) is 3. The second-order valence-electron chi connectivity index (χ2n) is 5.69. The summed E-state index contributed by atoms with van der Waals surface area (Å²) in [7, 11) is 0. The number of thioether (sulfide) groups is 1. The molecule has 0 atom stereocenters. The molecule has 1 aromatic carbocycles. The van der Waals surface area contributed by atoms with Gasteiger partial charge in [-0.2, -0.15) is 0 Å². The van der Waals surface area contributed by atoms with E-state index in [-0.39, 0.29) is 5.91 Å². The van der Waals surface area contributed by atoms with Crippen molar-refractivity contribution in [1.29, 1.82) is 0 Å². The third-order valence-electron chi connectivity index (χ3n) is 3.77. The van der Waals surface area contributed by atoms with Crippen LogP contribution in [0.25, 0.3) is 5.69 Å². The summed E-state index contributed by atoms with van der Waals surface area (Å²) in [5.41, 5.74) is 2.22. The van der Waals surface area contributed by atoms with E-state index in [4.69, 9.17) is 0 Å². The predicted molar refractivity (Wildman–Crippen MR) is 87.3 cm³/mol. The molecule has 0 spiro atoms. The molecule has 0 unspecified atom stereocenters. The molecule has 1 heterocycles. The minimum Gasteiger partial charge on any atom is -0.355 e. The van der Waals surface area contributed by atoms with Gasteiger partial charge in [0.1, 0.15) is 5.82 Å². The summed E-state index contributed by atoms with van der Waals surface area (Å²) in [6, 6.07) is 8.11. The maximum Gasteiger partial charge on any atom is 0.230 e. The highest BCUT2D eigenvalue weighted by molar-refractivity contribution is 7.99. The zero-order valence-electron chi connectivity index (χ0n) is 12.9. The fourth-order valence-corrected chi connectivity index (χ4v) is 3.11. The van der Waals surface area contributed by atoms with Crippen LogP contribution in [-0.2, 0) is 4.79 Å². The Morgan fingerprint density at radius 1 is 1.32 bits per heavy atom. The minimum atomic E-state index is 0.0638. The van der Waals surface area contributed by atoms with Crippen LogP contribution in [0.1, 0.15) is 24.2 Å². The van der Waals surface area contributed by atoms with Crippen LogP contribution >= 0.6 is 11.8 Å². The number of para-hydroxylation sites is 1. The fraction of sp³-hybridized carbons (Fsp3) is 0.438. The molecule has 1 N–H and O–H groups in total. The van der Waals surface area contributed by atoms with Gasteiger partial charge in [0.2, 0.25) is 5.91 Å². The van der Waals surface area contributed by atoms with E-state index in [0.717, 1.165) is 28.8 Å². The lowest BCUT2D eigenvalue weighted by Gasteiger charge is -2.11. The smallest absolute Gasteiger partial charge is 0.230 e. The molecule has 1 aliphatic carbocycles. The van der Waals surface area contributed by atoms with Crippen molar-refractivity contribution < 1.29 is 4.79 Å². The monoisotopic (exact) mass is 316 g/mol. The highest BCUT2D eigenvalue weighted by atomic mass is 32.2. The van der Waals surface area contributed by atoms with Crippen LogP contribution in [0.15, 0.2) is 29.4 Å². The molecule has 0 saturated heterocycles. The van der Waals surface area contributed by atoms with Gasteiger partial charge in [-0.3, -0.25) is 9.36 Å². The Labute approximate surface area is 134 Å². The quantitative estimate of drug-likeness (QED) is 0.832. The first-order valence-corrected chi connectivity index (χ1v) is 8.51. The number of carbonyl (C=O) groups excluding carboxylic acids is 1.